The maximum atomic E-state index is 13.6. The summed E-state index contributed by atoms with van der Waals surface area (Å²) in [6.07, 6.45) is 1.83. The van der Waals surface area contributed by atoms with Gasteiger partial charge in [0.05, 0.1) is 149 Å². The predicted molar refractivity (Wildman–Crippen MR) is 260 cm³/mol. The molecule has 3 amide bonds. The summed E-state index contributed by atoms with van der Waals surface area (Å²) in [5.74, 6) is -1.74. The third-order valence-electron chi connectivity index (χ3n) is 9.79. The zero-order valence-corrected chi connectivity index (χ0v) is 42.6. The normalized spacial score (nSPS) is 12.6. The van der Waals surface area contributed by atoms with Crippen molar-refractivity contribution in [2.75, 3.05) is 165 Å². The van der Waals surface area contributed by atoms with Gasteiger partial charge < -0.3 is 73.7 Å². The molecule has 72 heavy (non-hydrogen) atoms. The fraction of sp³-hybridized carbons (Fsp3) is 0.766. The smallest absolute Gasteiger partial charge is 0.481 e. The number of aliphatic imine (C=N–C) groups is 1. The molecule has 0 aromatic carbocycles. The van der Waals surface area contributed by atoms with Gasteiger partial charge in [-0.1, -0.05) is 13.3 Å². The molecule has 5 N–H and O–H groups in total. The SMILES string of the molecule is CCCN(CCCNC(=O)COC(F)(F)F)C(=O)C1=Cc2sc(CCCCCNC(=O)CCOCCOCCOCCOCCOCCOCCOCCOCCOCCOCCC(=O)O)cc2N=C(N)C1. The van der Waals surface area contributed by atoms with Crippen LogP contribution in [0.4, 0.5) is 18.9 Å². The summed E-state index contributed by atoms with van der Waals surface area (Å²) in [5, 5.41) is 13.8. The van der Waals surface area contributed by atoms with Crippen LogP contribution in [0.2, 0.25) is 0 Å². The van der Waals surface area contributed by atoms with Crippen LogP contribution in [0.5, 0.6) is 0 Å². The molecule has 0 radical (unpaired) electrons. The highest BCUT2D eigenvalue weighted by atomic mass is 32.1. The summed E-state index contributed by atoms with van der Waals surface area (Å²) in [7, 11) is 0. The Morgan fingerprint density at radius 2 is 1.11 bits per heavy atom. The first-order chi connectivity index (χ1) is 34.9. The molecule has 2 rings (SSSR count). The van der Waals surface area contributed by atoms with E-state index in [-0.39, 0.29) is 44.2 Å². The fourth-order valence-corrected chi connectivity index (χ4v) is 7.41. The molecule has 0 saturated carbocycles. The molecule has 1 aromatic heterocycles. The number of carbonyl (C=O) groups excluding carboxylic acids is 3. The molecule has 25 heteroatoms. The minimum atomic E-state index is -4.89. The van der Waals surface area contributed by atoms with E-state index in [9.17, 15) is 32.3 Å². The maximum absolute atomic E-state index is 13.6. The van der Waals surface area contributed by atoms with Crippen molar-refractivity contribution in [1.82, 2.24) is 15.5 Å². The first-order valence-corrected chi connectivity index (χ1v) is 25.4. The molecule has 1 aromatic rings. The van der Waals surface area contributed by atoms with Gasteiger partial charge in [-0.05, 0) is 44.2 Å². The standard InChI is InChI=1S/C47H78F3N5O16S/c1-2-12-55(13-6-11-53-44(57)37-71-47(48,49)50)46(60)38-34-41-40(54-42(51)35-38)36-39(72-41)7-4-3-5-10-52-43(56)8-14-61-16-18-63-20-22-65-24-26-67-28-30-69-32-33-70-31-29-68-27-25-66-23-21-64-19-17-62-15-9-45(58)59/h34,36H,2-33,35,37H2,1H3,(H2,51,54)(H,52,56)(H,53,57)(H,58,59). The Kier molecular flexibility index (Phi) is 37.9. The van der Waals surface area contributed by atoms with Crippen LogP contribution in [0, 0.1) is 0 Å². The first kappa shape index (κ1) is 64.3. The summed E-state index contributed by atoms with van der Waals surface area (Å²) in [4.78, 5) is 56.0. The molecule has 0 bridgehead atoms. The number of fused-ring (bicyclic) bond motifs is 1. The Hall–Kier alpha value is -3.86. The number of ether oxygens (including phenoxy) is 11. The lowest BCUT2D eigenvalue weighted by Crippen LogP contribution is -2.37. The number of nitrogens with one attached hydrogen (secondary N) is 2. The Morgan fingerprint density at radius 1 is 0.653 bits per heavy atom. The van der Waals surface area contributed by atoms with E-state index in [0.717, 1.165) is 35.4 Å². The second-order valence-corrected chi connectivity index (χ2v) is 17.0. The maximum Gasteiger partial charge on any atom is 0.523 e. The Labute approximate surface area is 424 Å². The van der Waals surface area contributed by atoms with E-state index >= 15 is 0 Å². The Morgan fingerprint density at radius 3 is 1.58 bits per heavy atom. The second-order valence-electron chi connectivity index (χ2n) is 15.8. The lowest BCUT2D eigenvalue weighted by Gasteiger charge is -2.23. The highest BCUT2D eigenvalue weighted by molar-refractivity contribution is 7.13. The number of unbranched alkanes of at least 4 members (excludes halogenated alkanes) is 2. The van der Waals surface area contributed by atoms with Crippen LogP contribution >= 0.6 is 11.3 Å². The number of amidine groups is 1. The molecule has 0 atom stereocenters. The molecule has 0 saturated heterocycles. The highest BCUT2D eigenvalue weighted by Gasteiger charge is 2.30. The summed E-state index contributed by atoms with van der Waals surface area (Å²) in [5.41, 5.74) is 7.42. The molecule has 21 nitrogen and oxygen atoms in total. The molecule has 1 aliphatic heterocycles. The third-order valence-corrected chi connectivity index (χ3v) is 10.9. The van der Waals surface area contributed by atoms with Gasteiger partial charge in [0.15, 0.2) is 0 Å². The van der Waals surface area contributed by atoms with E-state index in [1.807, 2.05) is 19.1 Å². The molecule has 0 spiro atoms. The van der Waals surface area contributed by atoms with E-state index in [2.05, 4.69) is 20.4 Å². The zero-order chi connectivity index (χ0) is 52.3. The largest absolute Gasteiger partial charge is 0.523 e. The zero-order valence-electron chi connectivity index (χ0n) is 41.8. The molecule has 1 aliphatic rings. The Bertz CT molecular complexity index is 1680. The van der Waals surface area contributed by atoms with Crippen LogP contribution in [0.3, 0.4) is 0 Å². The molecule has 2 heterocycles. The number of carbonyl (C=O) groups is 4. The summed E-state index contributed by atoms with van der Waals surface area (Å²) in [6, 6.07) is 1.99. The fourth-order valence-electron chi connectivity index (χ4n) is 6.30. The van der Waals surface area contributed by atoms with Crippen molar-refractivity contribution >= 4 is 52.6 Å². The van der Waals surface area contributed by atoms with Crippen LogP contribution in [0.1, 0.15) is 68.0 Å². The van der Waals surface area contributed by atoms with Crippen LogP contribution < -0.4 is 16.4 Å². The third kappa shape index (κ3) is 36.1. The van der Waals surface area contributed by atoms with Crippen molar-refractivity contribution < 1.29 is 89.6 Å². The predicted octanol–water partition coefficient (Wildman–Crippen LogP) is 3.67. The number of rotatable bonds is 48. The highest BCUT2D eigenvalue weighted by Crippen LogP contribution is 2.35. The van der Waals surface area contributed by atoms with Crippen LogP contribution in [-0.4, -0.2) is 211 Å². The number of alkyl halides is 3. The lowest BCUT2D eigenvalue weighted by atomic mass is 10.1. The Balaban J connectivity index is 1.37. The molecule has 0 aliphatic carbocycles. The number of aryl methyl sites for hydroxylation is 1. The van der Waals surface area contributed by atoms with Crippen molar-refractivity contribution in [2.24, 2.45) is 10.7 Å². The van der Waals surface area contributed by atoms with Crippen LogP contribution in [0.25, 0.3) is 6.08 Å². The van der Waals surface area contributed by atoms with E-state index in [1.165, 1.54) is 0 Å². The summed E-state index contributed by atoms with van der Waals surface area (Å²) >= 11 is 1.55. The van der Waals surface area contributed by atoms with Crippen molar-refractivity contribution in [3.8, 4) is 0 Å². The second kappa shape index (κ2) is 42.5. The topological polar surface area (TPSA) is 256 Å². The molecular weight excluding hydrogens is 980 g/mol. The number of nitrogens with zero attached hydrogens (tertiary/aromatic N) is 2. The minimum Gasteiger partial charge on any atom is -0.481 e. The number of aliphatic carboxylic acids is 1. The van der Waals surface area contributed by atoms with Gasteiger partial charge in [0, 0.05) is 49.5 Å². The van der Waals surface area contributed by atoms with E-state index in [4.69, 9.17) is 58.2 Å². The number of thiophene rings is 1. The van der Waals surface area contributed by atoms with E-state index < -0.39 is 24.8 Å². The lowest BCUT2D eigenvalue weighted by molar-refractivity contribution is -0.321. The van der Waals surface area contributed by atoms with Crippen LogP contribution in [-0.2, 0) is 77.7 Å². The van der Waals surface area contributed by atoms with Crippen molar-refractivity contribution in [1.29, 1.82) is 0 Å². The quantitative estimate of drug-likeness (QED) is 0.0680. The number of hydrogen-bond acceptors (Lipinski definition) is 18. The van der Waals surface area contributed by atoms with Gasteiger partial charge in [-0.2, -0.15) is 0 Å². The van der Waals surface area contributed by atoms with E-state index in [0.29, 0.717) is 175 Å². The number of nitrogens with two attached hydrogens (primary N) is 1. The van der Waals surface area contributed by atoms with Gasteiger partial charge in [0.2, 0.25) is 17.7 Å². The number of halogens is 3. The monoisotopic (exact) mass is 1060 g/mol. The van der Waals surface area contributed by atoms with Crippen molar-refractivity contribution in [3.63, 3.8) is 0 Å². The molecular formula is C47H78F3N5O16S. The number of carboxylic acid groups (broad SMARTS) is 1. The molecule has 414 valence electrons. The average Bonchev–Trinajstić information content (AvgIpc) is 3.64. The number of carboxylic acids is 1. The molecule has 0 fully saturated rings. The van der Waals surface area contributed by atoms with Gasteiger partial charge in [0.25, 0.3) is 0 Å². The van der Waals surface area contributed by atoms with Gasteiger partial charge in [-0.15, -0.1) is 24.5 Å². The number of amides is 3. The van der Waals surface area contributed by atoms with Gasteiger partial charge in [-0.3, -0.25) is 23.9 Å². The number of hydrogen-bond donors (Lipinski definition) is 4. The summed E-state index contributed by atoms with van der Waals surface area (Å²) in [6.45, 7) is 10.4. The average molecular weight is 1060 g/mol. The van der Waals surface area contributed by atoms with Crippen molar-refractivity contribution in [2.45, 2.75) is 71.1 Å². The van der Waals surface area contributed by atoms with Gasteiger partial charge in [-0.25, -0.2) is 4.99 Å². The van der Waals surface area contributed by atoms with Crippen molar-refractivity contribution in [3.05, 3.63) is 21.4 Å². The summed E-state index contributed by atoms with van der Waals surface area (Å²) < 4.78 is 94.4. The van der Waals surface area contributed by atoms with Crippen LogP contribution in [0.15, 0.2) is 16.6 Å². The van der Waals surface area contributed by atoms with E-state index in [1.54, 1.807) is 16.2 Å². The van der Waals surface area contributed by atoms with Gasteiger partial charge >= 0.3 is 12.3 Å². The first-order valence-electron chi connectivity index (χ1n) is 24.6. The minimum absolute atomic E-state index is 0.0189. The van der Waals surface area contributed by atoms with Gasteiger partial charge in [0.1, 0.15) is 12.4 Å². The molecule has 0 unspecified atom stereocenters.